The first-order chi connectivity index (χ1) is 12.6. The maximum Gasteiger partial charge on any atom is 0.339 e. The summed E-state index contributed by atoms with van der Waals surface area (Å²) in [7, 11) is 0. The van der Waals surface area contributed by atoms with Crippen LogP contribution in [0.25, 0.3) is 5.69 Å². The van der Waals surface area contributed by atoms with Crippen molar-refractivity contribution in [1.29, 1.82) is 0 Å². The van der Waals surface area contributed by atoms with Crippen LogP contribution in [0.3, 0.4) is 0 Å². The lowest BCUT2D eigenvalue weighted by molar-refractivity contribution is 0.252. The molecule has 1 aromatic heterocycles. The average Bonchev–Trinajstić information content (AvgIpc) is 2.90. The number of carbonyl (C=O) groups excluding carboxylic acids is 1. The molecular formula is C20H19BrN4O. The zero-order valence-corrected chi connectivity index (χ0v) is 16.1. The first-order valence-electron chi connectivity index (χ1n) is 8.15. The van der Waals surface area contributed by atoms with E-state index in [0.29, 0.717) is 5.69 Å². The number of hydrogen-bond acceptors (Lipinski definition) is 2. The van der Waals surface area contributed by atoms with Crippen LogP contribution in [-0.2, 0) is 0 Å². The van der Waals surface area contributed by atoms with Gasteiger partial charge in [-0.05, 0) is 60.1 Å². The Balaban J connectivity index is 1.73. The Labute approximate surface area is 160 Å². The molecule has 0 saturated carbocycles. The molecule has 2 N–H and O–H groups in total. The number of hydrogen-bond donors (Lipinski definition) is 2. The van der Waals surface area contributed by atoms with Crippen LogP contribution in [0.4, 0.5) is 10.5 Å². The highest BCUT2D eigenvalue weighted by molar-refractivity contribution is 9.10. The number of carbonyl (C=O) groups is 1. The Bertz CT molecular complexity index is 948. The van der Waals surface area contributed by atoms with E-state index >= 15 is 0 Å². The van der Waals surface area contributed by atoms with Gasteiger partial charge in [0.15, 0.2) is 0 Å². The zero-order chi connectivity index (χ0) is 18.5. The summed E-state index contributed by atoms with van der Waals surface area (Å²) in [5.74, 6) is 0. The third-order valence-electron chi connectivity index (χ3n) is 3.97. The molecule has 0 radical (unpaired) electrons. The van der Waals surface area contributed by atoms with Crippen molar-refractivity contribution in [2.45, 2.75) is 13.8 Å². The molecule has 0 spiro atoms. The van der Waals surface area contributed by atoms with Gasteiger partial charge in [-0.25, -0.2) is 10.2 Å². The number of rotatable bonds is 4. The highest BCUT2D eigenvalue weighted by atomic mass is 79.9. The molecule has 0 aliphatic rings. The van der Waals surface area contributed by atoms with E-state index in [4.69, 9.17) is 0 Å². The van der Waals surface area contributed by atoms with Crippen molar-refractivity contribution in [2.75, 3.05) is 5.32 Å². The van der Waals surface area contributed by atoms with Crippen LogP contribution >= 0.6 is 15.9 Å². The summed E-state index contributed by atoms with van der Waals surface area (Å²) in [6.07, 6.45) is 1.65. The summed E-state index contributed by atoms with van der Waals surface area (Å²) in [4.78, 5) is 11.9. The molecule has 26 heavy (non-hydrogen) atoms. The number of urea groups is 1. The van der Waals surface area contributed by atoms with E-state index < -0.39 is 0 Å². The molecule has 132 valence electrons. The molecule has 6 heteroatoms. The van der Waals surface area contributed by atoms with Crippen LogP contribution in [0, 0.1) is 13.8 Å². The SMILES string of the molecule is Cc1cc(/C=N/NC(=O)Nc2ccccc2)c(C)n1-c1ccccc1Br. The quantitative estimate of drug-likeness (QED) is 0.460. The molecule has 0 saturated heterocycles. The highest BCUT2D eigenvalue weighted by Gasteiger charge is 2.11. The van der Waals surface area contributed by atoms with E-state index in [-0.39, 0.29) is 6.03 Å². The van der Waals surface area contributed by atoms with E-state index in [1.54, 1.807) is 6.21 Å². The van der Waals surface area contributed by atoms with Gasteiger partial charge >= 0.3 is 6.03 Å². The Morgan fingerprint density at radius 2 is 1.77 bits per heavy atom. The molecular weight excluding hydrogens is 392 g/mol. The zero-order valence-electron chi connectivity index (χ0n) is 14.5. The van der Waals surface area contributed by atoms with Crippen molar-refractivity contribution >= 4 is 33.9 Å². The molecule has 2 aromatic carbocycles. The highest BCUT2D eigenvalue weighted by Crippen LogP contribution is 2.26. The van der Waals surface area contributed by atoms with Gasteiger partial charge in [0, 0.05) is 27.1 Å². The number of nitrogens with one attached hydrogen (secondary N) is 2. The lowest BCUT2D eigenvalue weighted by Gasteiger charge is -2.11. The summed E-state index contributed by atoms with van der Waals surface area (Å²) >= 11 is 3.59. The van der Waals surface area contributed by atoms with E-state index in [2.05, 4.69) is 42.4 Å². The van der Waals surface area contributed by atoms with Gasteiger partial charge in [0.2, 0.25) is 0 Å². The van der Waals surface area contributed by atoms with Gasteiger partial charge in [-0.1, -0.05) is 30.3 Å². The topological polar surface area (TPSA) is 58.4 Å². The molecule has 1 heterocycles. The van der Waals surface area contributed by atoms with Crippen LogP contribution in [-0.4, -0.2) is 16.8 Å². The number of benzene rings is 2. The van der Waals surface area contributed by atoms with Crippen molar-refractivity contribution in [1.82, 2.24) is 9.99 Å². The molecule has 0 unspecified atom stereocenters. The van der Waals surface area contributed by atoms with Crippen LogP contribution in [0.2, 0.25) is 0 Å². The van der Waals surface area contributed by atoms with Gasteiger partial charge in [0.1, 0.15) is 0 Å². The Hall–Kier alpha value is -2.86. The lowest BCUT2D eigenvalue weighted by Crippen LogP contribution is -2.24. The Kier molecular flexibility index (Phi) is 5.53. The molecule has 2 amide bonds. The maximum atomic E-state index is 11.9. The second kappa shape index (κ2) is 8.01. The predicted octanol–water partition coefficient (Wildman–Crippen LogP) is 5.01. The fourth-order valence-corrected chi connectivity index (χ4v) is 3.23. The number of amides is 2. The fraction of sp³-hybridized carbons (Fsp3) is 0.100. The maximum absolute atomic E-state index is 11.9. The predicted molar refractivity (Wildman–Crippen MR) is 109 cm³/mol. The molecule has 5 nitrogen and oxygen atoms in total. The Morgan fingerprint density at radius 1 is 1.08 bits per heavy atom. The van der Waals surface area contributed by atoms with Gasteiger partial charge in [-0.2, -0.15) is 5.10 Å². The number of para-hydroxylation sites is 2. The minimum atomic E-state index is -0.382. The summed E-state index contributed by atoms with van der Waals surface area (Å²) in [5.41, 5.74) is 7.34. The van der Waals surface area contributed by atoms with Crippen LogP contribution in [0.15, 0.2) is 70.2 Å². The van der Waals surface area contributed by atoms with E-state index in [9.17, 15) is 4.79 Å². The molecule has 0 bridgehead atoms. The van der Waals surface area contributed by atoms with Gasteiger partial charge in [0.25, 0.3) is 0 Å². The lowest BCUT2D eigenvalue weighted by atomic mass is 10.2. The Morgan fingerprint density at radius 3 is 2.50 bits per heavy atom. The average molecular weight is 411 g/mol. The van der Waals surface area contributed by atoms with Crippen molar-refractivity contribution in [3.05, 3.63) is 82.1 Å². The summed E-state index contributed by atoms with van der Waals surface area (Å²) in [6.45, 7) is 4.07. The largest absolute Gasteiger partial charge is 0.339 e. The normalized spacial score (nSPS) is 10.9. The fourth-order valence-electron chi connectivity index (χ4n) is 2.76. The third-order valence-corrected chi connectivity index (χ3v) is 4.64. The van der Waals surface area contributed by atoms with Crippen LogP contribution < -0.4 is 10.7 Å². The number of hydrazone groups is 1. The van der Waals surface area contributed by atoms with Gasteiger partial charge in [0.05, 0.1) is 11.9 Å². The molecule has 0 fully saturated rings. The first kappa shape index (κ1) is 17.9. The van der Waals surface area contributed by atoms with Crippen molar-refractivity contribution in [3.63, 3.8) is 0 Å². The van der Waals surface area contributed by atoms with Crippen molar-refractivity contribution in [2.24, 2.45) is 5.10 Å². The molecule has 0 aliphatic carbocycles. The van der Waals surface area contributed by atoms with E-state index in [0.717, 1.165) is 27.1 Å². The number of halogens is 1. The standard InChI is InChI=1S/C20H19BrN4O/c1-14-12-16(15(2)25(14)19-11-7-6-10-18(19)21)13-22-24-20(26)23-17-8-4-3-5-9-17/h3-13H,1-2H3,(H2,23,24,26)/b22-13+. The van der Waals surface area contributed by atoms with Crippen LogP contribution in [0.5, 0.6) is 0 Å². The minimum Gasteiger partial charge on any atom is -0.317 e. The van der Waals surface area contributed by atoms with E-state index in [1.165, 1.54) is 0 Å². The summed E-state index contributed by atoms with van der Waals surface area (Å²) < 4.78 is 3.17. The number of aryl methyl sites for hydroxylation is 1. The molecule has 3 aromatic rings. The third kappa shape index (κ3) is 4.03. The number of anilines is 1. The monoisotopic (exact) mass is 410 g/mol. The number of nitrogens with zero attached hydrogens (tertiary/aromatic N) is 2. The van der Waals surface area contributed by atoms with Crippen molar-refractivity contribution < 1.29 is 4.79 Å². The summed E-state index contributed by atoms with van der Waals surface area (Å²) in [5, 5.41) is 6.77. The minimum absolute atomic E-state index is 0.382. The molecule has 0 atom stereocenters. The first-order valence-corrected chi connectivity index (χ1v) is 8.94. The van der Waals surface area contributed by atoms with Crippen molar-refractivity contribution in [3.8, 4) is 5.69 Å². The second-order valence-corrected chi connectivity index (χ2v) is 6.66. The molecule has 0 aliphatic heterocycles. The van der Waals surface area contributed by atoms with Gasteiger partial charge in [-0.3, -0.25) is 0 Å². The van der Waals surface area contributed by atoms with Gasteiger partial charge < -0.3 is 9.88 Å². The smallest absolute Gasteiger partial charge is 0.317 e. The number of aromatic nitrogens is 1. The van der Waals surface area contributed by atoms with E-state index in [1.807, 2.05) is 68.4 Å². The van der Waals surface area contributed by atoms with Gasteiger partial charge in [-0.15, -0.1) is 0 Å². The second-order valence-electron chi connectivity index (χ2n) is 5.80. The molecule has 3 rings (SSSR count). The summed E-state index contributed by atoms with van der Waals surface area (Å²) in [6, 6.07) is 18.9. The van der Waals surface area contributed by atoms with Crippen LogP contribution in [0.1, 0.15) is 17.0 Å².